The van der Waals surface area contributed by atoms with Crippen LogP contribution in [0.4, 0.5) is 4.39 Å². The first-order valence-corrected chi connectivity index (χ1v) is 6.39. The molecule has 1 atom stereocenters. The average Bonchev–Trinajstić information content (AvgIpc) is 2.78. The van der Waals surface area contributed by atoms with Crippen molar-refractivity contribution in [1.82, 2.24) is 5.32 Å². The van der Waals surface area contributed by atoms with Crippen LogP contribution in [0.2, 0.25) is 0 Å². The highest BCUT2D eigenvalue weighted by atomic mass is 79.9. The Morgan fingerprint density at radius 3 is 3.06 bits per heavy atom. The summed E-state index contributed by atoms with van der Waals surface area (Å²) in [5, 5.41) is 2.71. The minimum Gasteiger partial charge on any atom is -0.379 e. The van der Waals surface area contributed by atoms with Crippen molar-refractivity contribution in [2.24, 2.45) is 5.73 Å². The topological polar surface area (TPSA) is 64.4 Å². The minimum absolute atomic E-state index is 0.225. The van der Waals surface area contributed by atoms with Crippen LogP contribution in [0.5, 0.6) is 0 Å². The molecule has 1 heterocycles. The lowest BCUT2D eigenvalue weighted by atomic mass is 9.99. The highest BCUT2D eigenvalue weighted by molar-refractivity contribution is 9.10. The quantitative estimate of drug-likeness (QED) is 0.884. The summed E-state index contributed by atoms with van der Waals surface area (Å²) in [5.74, 6) is -0.606. The van der Waals surface area contributed by atoms with E-state index in [1.54, 1.807) is 6.07 Å². The molecule has 0 spiro atoms. The lowest BCUT2D eigenvalue weighted by Crippen LogP contribution is -2.54. The molecule has 0 aromatic heterocycles. The Bertz CT molecular complexity index is 461. The molecule has 1 aromatic carbocycles. The van der Waals surface area contributed by atoms with E-state index in [2.05, 4.69) is 21.2 Å². The van der Waals surface area contributed by atoms with Crippen LogP contribution >= 0.6 is 15.9 Å². The lowest BCUT2D eigenvalue weighted by molar-refractivity contribution is -0.126. The van der Waals surface area contributed by atoms with Gasteiger partial charge in [-0.1, -0.05) is 15.9 Å². The van der Waals surface area contributed by atoms with Crippen molar-refractivity contribution in [2.75, 3.05) is 13.2 Å². The molecule has 1 fully saturated rings. The van der Waals surface area contributed by atoms with E-state index in [1.807, 2.05) is 0 Å². The molecule has 0 saturated carbocycles. The Hall–Kier alpha value is -0.980. The second-order valence-electron chi connectivity index (χ2n) is 4.38. The monoisotopic (exact) mass is 316 g/mol. The van der Waals surface area contributed by atoms with Gasteiger partial charge >= 0.3 is 0 Å². The normalized spacial score (nSPS) is 23.1. The molecule has 0 aliphatic carbocycles. The fourth-order valence-electron chi connectivity index (χ4n) is 1.79. The summed E-state index contributed by atoms with van der Waals surface area (Å²) >= 11 is 3.30. The number of halogens is 2. The van der Waals surface area contributed by atoms with E-state index in [1.165, 1.54) is 12.1 Å². The van der Waals surface area contributed by atoms with Gasteiger partial charge in [0.25, 0.3) is 0 Å². The fourth-order valence-corrected chi connectivity index (χ4v) is 2.18. The molecule has 1 saturated heterocycles. The number of carbonyl (C=O) groups excluding carboxylic acids is 1. The smallest absolute Gasteiger partial charge is 0.242 e. The molecule has 0 radical (unpaired) electrons. The van der Waals surface area contributed by atoms with Crippen molar-refractivity contribution in [1.29, 1.82) is 0 Å². The largest absolute Gasteiger partial charge is 0.379 e. The number of nitrogens with two attached hydrogens (primary N) is 1. The maximum absolute atomic E-state index is 13.1. The molecule has 98 valence electrons. The summed E-state index contributed by atoms with van der Waals surface area (Å²) in [6, 6.07) is 4.33. The van der Waals surface area contributed by atoms with Crippen molar-refractivity contribution in [3.8, 4) is 0 Å². The SMILES string of the molecule is NC1(C(=O)NCc2cc(F)ccc2Br)CCOC1. The van der Waals surface area contributed by atoms with Gasteiger partial charge in [0.05, 0.1) is 6.61 Å². The van der Waals surface area contributed by atoms with Crippen molar-refractivity contribution in [3.63, 3.8) is 0 Å². The fraction of sp³-hybridized carbons (Fsp3) is 0.417. The van der Waals surface area contributed by atoms with E-state index < -0.39 is 5.54 Å². The third kappa shape index (κ3) is 2.88. The molecule has 4 nitrogen and oxygen atoms in total. The van der Waals surface area contributed by atoms with Crippen LogP contribution < -0.4 is 11.1 Å². The maximum atomic E-state index is 13.1. The van der Waals surface area contributed by atoms with Gasteiger partial charge < -0.3 is 15.8 Å². The van der Waals surface area contributed by atoms with Gasteiger partial charge in [0.2, 0.25) is 5.91 Å². The molecule has 3 N–H and O–H groups in total. The van der Waals surface area contributed by atoms with Crippen LogP contribution in [-0.2, 0) is 16.1 Å². The Balaban J connectivity index is 1.99. The molecule has 1 amide bonds. The molecule has 1 aliphatic rings. The zero-order chi connectivity index (χ0) is 13.2. The van der Waals surface area contributed by atoms with Gasteiger partial charge in [-0.05, 0) is 30.2 Å². The highest BCUT2D eigenvalue weighted by Gasteiger charge is 2.37. The van der Waals surface area contributed by atoms with Gasteiger partial charge in [-0.3, -0.25) is 4.79 Å². The van der Waals surface area contributed by atoms with Crippen molar-refractivity contribution < 1.29 is 13.9 Å². The molecule has 6 heteroatoms. The van der Waals surface area contributed by atoms with Crippen LogP contribution in [-0.4, -0.2) is 24.7 Å². The Kier molecular flexibility index (Phi) is 3.99. The number of carbonyl (C=O) groups is 1. The van der Waals surface area contributed by atoms with Gasteiger partial charge in [0, 0.05) is 17.6 Å². The van der Waals surface area contributed by atoms with E-state index in [-0.39, 0.29) is 24.9 Å². The summed E-state index contributed by atoms with van der Waals surface area (Å²) in [4.78, 5) is 11.9. The lowest BCUT2D eigenvalue weighted by Gasteiger charge is -2.20. The van der Waals surface area contributed by atoms with E-state index in [0.29, 0.717) is 18.6 Å². The predicted molar refractivity (Wildman–Crippen MR) is 68.3 cm³/mol. The first-order chi connectivity index (χ1) is 8.51. The van der Waals surface area contributed by atoms with Gasteiger partial charge in [-0.15, -0.1) is 0 Å². The first-order valence-electron chi connectivity index (χ1n) is 5.60. The summed E-state index contributed by atoms with van der Waals surface area (Å²) in [7, 11) is 0. The van der Waals surface area contributed by atoms with Gasteiger partial charge in [-0.2, -0.15) is 0 Å². The first kappa shape index (κ1) is 13.5. The van der Waals surface area contributed by atoms with Gasteiger partial charge in [0.15, 0.2) is 0 Å². The summed E-state index contributed by atoms with van der Waals surface area (Å²) in [6.07, 6.45) is 0.503. The van der Waals surface area contributed by atoms with Crippen molar-refractivity contribution in [3.05, 3.63) is 34.1 Å². The van der Waals surface area contributed by atoms with Crippen molar-refractivity contribution >= 4 is 21.8 Å². The number of hydrogen-bond acceptors (Lipinski definition) is 3. The molecule has 18 heavy (non-hydrogen) atoms. The van der Waals surface area contributed by atoms with Crippen LogP contribution in [0.3, 0.4) is 0 Å². The molecule has 2 rings (SSSR count). The second kappa shape index (κ2) is 5.34. The molecular weight excluding hydrogens is 303 g/mol. The van der Waals surface area contributed by atoms with Crippen LogP contribution in [0.1, 0.15) is 12.0 Å². The molecular formula is C12H14BrFN2O2. The van der Waals surface area contributed by atoms with E-state index >= 15 is 0 Å². The summed E-state index contributed by atoms with van der Waals surface area (Å²) in [6.45, 7) is 0.951. The highest BCUT2D eigenvalue weighted by Crippen LogP contribution is 2.19. The Morgan fingerprint density at radius 2 is 2.39 bits per heavy atom. The Morgan fingerprint density at radius 1 is 1.61 bits per heavy atom. The second-order valence-corrected chi connectivity index (χ2v) is 5.23. The average molecular weight is 317 g/mol. The van der Waals surface area contributed by atoms with E-state index in [4.69, 9.17) is 10.5 Å². The molecule has 1 unspecified atom stereocenters. The zero-order valence-corrected chi connectivity index (χ0v) is 11.3. The van der Waals surface area contributed by atoms with Crippen molar-refractivity contribution in [2.45, 2.75) is 18.5 Å². The number of rotatable bonds is 3. The number of hydrogen-bond donors (Lipinski definition) is 2. The third-order valence-electron chi connectivity index (χ3n) is 2.95. The molecule has 1 aromatic rings. The maximum Gasteiger partial charge on any atom is 0.242 e. The van der Waals surface area contributed by atoms with E-state index in [0.717, 1.165) is 4.47 Å². The third-order valence-corrected chi connectivity index (χ3v) is 3.73. The van der Waals surface area contributed by atoms with Crippen LogP contribution in [0.25, 0.3) is 0 Å². The number of benzene rings is 1. The summed E-state index contributed by atoms with van der Waals surface area (Å²) < 4.78 is 18.9. The van der Waals surface area contributed by atoms with E-state index in [9.17, 15) is 9.18 Å². The van der Waals surface area contributed by atoms with Crippen LogP contribution in [0.15, 0.2) is 22.7 Å². The Labute approximate surface area is 113 Å². The standard InChI is InChI=1S/C12H14BrFN2O2/c13-10-2-1-9(14)5-8(10)6-16-11(17)12(15)3-4-18-7-12/h1-2,5H,3-4,6-7,15H2,(H,16,17). The molecule has 0 bridgehead atoms. The number of amides is 1. The van der Waals surface area contributed by atoms with Crippen LogP contribution in [0, 0.1) is 5.82 Å². The molecule has 1 aliphatic heterocycles. The number of ether oxygens (including phenoxy) is 1. The van der Waals surface area contributed by atoms with Gasteiger partial charge in [-0.25, -0.2) is 4.39 Å². The minimum atomic E-state index is -0.959. The zero-order valence-electron chi connectivity index (χ0n) is 9.71. The predicted octanol–water partition coefficient (Wildman–Crippen LogP) is 1.32. The summed E-state index contributed by atoms with van der Waals surface area (Å²) in [5.41, 5.74) is 5.63. The van der Waals surface area contributed by atoms with Gasteiger partial charge in [0.1, 0.15) is 11.4 Å². The number of nitrogens with one attached hydrogen (secondary N) is 1.